The van der Waals surface area contributed by atoms with E-state index >= 15 is 0 Å². The van der Waals surface area contributed by atoms with E-state index in [2.05, 4.69) is 12.1 Å². The fraction of sp³-hybridized carbons (Fsp3) is 0.417. The number of carbonyl (C=O) groups excluding carboxylic acids is 1. The van der Waals surface area contributed by atoms with E-state index in [0.717, 1.165) is 12.8 Å². The summed E-state index contributed by atoms with van der Waals surface area (Å²) in [5.74, 6) is 0.496. The van der Waals surface area contributed by atoms with E-state index in [1.54, 1.807) is 0 Å². The number of ether oxygens (including phenoxy) is 1. The lowest BCUT2D eigenvalue weighted by Crippen LogP contribution is -2.44. The lowest BCUT2D eigenvalue weighted by atomic mass is 9.69. The number of amides is 1. The maximum Gasteiger partial charge on any atom is 0.405 e. The summed E-state index contributed by atoms with van der Waals surface area (Å²) >= 11 is 0. The number of rotatable bonds is 2. The Bertz CT molecular complexity index is 355. The summed E-state index contributed by atoms with van der Waals surface area (Å²) in [6.45, 7) is 1.93. The largest absolute Gasteiger partial charge is 0.443 e. The minimum Gasteiger partial charge on any atom is -0.443 e. The SMILES string of the molecule is CC1(OC(N)=O)CC(c2ccccc2)C1. The number of hydrogen-bond acceptors (Lipinski definition) is 2. The second-order valence-electron chi connectivity index (χ2n) is 4.39. The first-order valence-electron chi connectivity index (χ1n) is 5.12. The number of nitrogens with two attached hydrogens (primary N) is 1. The zero-order valence-corrected chi connectivity index (χ0v) is 8.77. The quantitative estimate of drug-likeness (QED) is 0.806. The maximum atomic E-state index is 10.7. The van der Waals surface area contributed by atoms with Gasteiger partial charge in [-0.15, -0.1) is 0 Å². The van der Waals surface area contributed by atoms with Crippen molar-refractivity contribution in [2.75, 3.05) is 0 Å². The minimum atomic E-state index is -0.677. The van der Waals surface area contributed by atoms with Crippen molar-refractivity contribution in [1.82, 2.24) is 0 Å². The van der Waals surface area contributed by atoms with Crippen molar-refractivity contribution in [3.8, 4) is 0 Å². The molecule has 15 heavy (non-hydrogen) atoms. The number of primary amides is 1. The van der Waals surface area contributed by atoms with Crippen molar-refractivity contribution in [2.45, 2.75) is 31.3 Å². The molecule has 80 valence electrons. The molecule has 2 N–H and O–H groups in total. The van der Waals surface area contributed by atoms with Gasteiger partial charge in [0.1, 0.15) is 5.60 Å². The summed E-state index contributed by atoms with van der Waals surface area (Å²) in [6, 6.07) is 10.3. The standard InChI is InChI=1S/C12H15NO2/c1-12(15-11(13)14)7-10(8-12)9-5-3-2-4-6-9/h2-6,10H,7-8H2,1H3,(H2,13,14). The van der Waals surface area contributed by atoms with Crippen LogP contribution < -0.4 is 5.73 Å². The smallest absolute Gasteiger partial charge is 0.405 e. The molecule has 0 unspecified atom stereocenters. The van der Waals surface area contributed by atoms with Crippen LogP contribution in [-0.2, 0) is 4.74 Å². The van der Waals surface area contributed by atoms with Crippen molar-refractivity contribution in [3.05, 3.63) is 35.9 Å². The van der Waals surface area contributed by atoms with Gasteiger partial charge < -0.3 is 10.5 Å². The molecule has 1 fully saturated rings. The highest BCUT2D eigenvalue weighted by Gasteiger charge is 2.43. The normalized spacial score (nSPS) is 29.3. The third kappa shape index (κ3) is 2.12. The Morgan fingerprint density at radius 3 is 2.53 bits per heavy atom. The Labute approximate surface area is 89.2 Å². The average Bonchev–Trinajstić information content (AvgIpc) is 2.14. The van der Waals surface area contributed by atoms with E-state index in [1.807, 2.05) is 25.1 Å². The first-order valence-corrected chi connectivity index (χ1v) is 5.12. The highest BCUT2D eigenvalue weighted by molar-refractivity contribution is 5.65. The third-order valence-electron chi connectivity index (χ3n) is 2.97. The van der Waals surface area contributed by atoms with Crippen LogP contribution in [0.5, 0.6) is 0 Å². The number of hydrogen-bond donors (Lipinski definition) is 1. The Morgan fingerprint density at radius 1 is 1.40 bits per heavy atom. The Kier molecular flexibility index (Phi) is 2.39. The van der Waals surface area contributed by atoms with E-state index in [-0.39, 0.29) is 5.60 Å². The van der Waals surface area contributed by atoms with E-state index in [4.69, 9.17) is 10.5 Å². The van der Waals surface area contributed by atoms with Gasteiger partial charge in [0, 0.05) is 0 Å². The van der Waals surface area contributed by atoms with Gasteiger partial charge in [-0.2, -0.15) is 0 Å². The van der Waals surface area contributed by atoms with E-state index in [1.165, 1.54) is 5.56 Å². The van der Waals surface area contributed by atoms with Gasteiger partial charge in [0.05, 0.1) is 0 Å². The molecule has 3 heteroatoms. The second kappa shape index (κ2) is 3.57. The van der Waals surface area contributed by atoms with E-state index in [0.29, 0.717) is 5.92 Å². The monoisotopic (exact) mass is 205 g/mol. The topological polar surface area (TPSA) is 52.3 Å². The molecule has 0 spiro atoms. The highest BCUT2D eigenvalue weighted by Crippen LogP contribution is 2.46. The third-order valence-corrected chi connectivity index (χ3v) is 2.97. The number of carbonyl (C=O) groups is 1. The minimum absolute atomic E-state index is 0.355. The molecule has 2 rings (SSSR count). The van der Waals surface area contributed by atoms with Crippen molar-refractivity contribution in [3.63, 3.8) is 0 Å². The first-order chi connectivity index (χ1) is 7.09. The van der Waals surface area contributed by atoms with Crippen molar-refractivity contribution in [1.29, 1.82) is 0 Å². The molecule has 1 amide bonds. The zero-order valence-electron chi connectivity index (χ0n) is 8.77. The van der Waals surface area contributed by atoms with Crippen LogP contribution in [0.15, 0.2) is 30.3 Å². The molecule has 0 heterocycles. The van der Waals surface area contributed by atoms with E-state index < -0.39 is 6.09 Å². The zero-order chi connectivity index (χ0) is 10.9. The summed E-state index contributed by atoms with van der Waals surface area (Å²) in [5, 5.41) is 0. The molecular weight excluding hydrogens is 190 g/mol. The van der Waals surface area contributed by atoms with Crippen LogP contribution >= 0.6 is 0 Å². The molecule has 0 bridgehead atoms. The molecule has 3 nitrogen and oxygen atoms in total. The number of benzene rings is 1. The van der Waals surface area contributed by atoms with Crippen LogP contribution in [0, 0.1) is 0 Å². The molecule has 0 saturated heterocycles. The van der Waals surface area contributed by atoms with Crippen LogP contribution in [0.4, 0.5) is 4.79 Å². The molecule has 1 aliphatic rings. The van der Waals surface area contributed by atoms with Crippen molar-refractivity contribution < 1.29 is 9.53 Å². The van der Waals surface area contributed by atoms with Crippen LogP contribution in [-0.4, -0.2) is 11.7 Å². The van der Waals surface area contributed by atoms with Crippen LogP contribution in [0.1, 0.15) is 31.2 Å². The second-order valence-corrected chi connectivity index (χ2v) is 4.39. The summed E-state index contributed by atoms with van der Waals surface area (Å²) in [6.07, 6.45) is 1.05. The summed E-state index contributed by atoms with van der Waals surface area (Å²) < 4.78 is 5.06. The summed E-state index contributed by atoms with van der Waals surface area (Å²) in [7, 11) is 0. The molecule has 1 saturated carbocycles. The van der Waals surface area contributed by atoms with Gasteiger partial charge in [0.15, 0.2) is 0 Å². The van der Waals surface area contributed by atoms with Gasteiger partial charge >= 0.3 is 6.09 Å². The molecule has 1 aromatic carbocycles. The van der Waals surface area contributed by atoms with Gasteiger partial charge in [-0.3, -0.25) is 0 Å². The van der Waals surface area contributed by atoms with Crippen molar-refractivity contribution in [2.24, 2.45) is 5.73 Å². The Balaban J connectivity index is 1.96. The lowest BCUT2D eigenvalue weighted by molar-refractivity contribution is -0.0418. The summed E-state index contributed by atoms with van der Waals surface area (Å²) in [5.41, 5.74) is 5.96. The van der Waals surface area contributed by atoms with Gasteiger partial charge in [-0.25, -0.2) is 4.79 Å². The first kappa shape index (κ1) is 10.0. The highest BCUT2D eigenvalue weighted by atomic mass is 16.6. The van der Waals surface area contributed by atoms with Crippen LogP contribution in [0.2, 0.25) is 0 Å². The molecular formula is C12H15NO2. The Hall–Kier alpha value is -1.51. The molecule has 0 aromatic heterocycles. The van der Waals surface area contributed by atoms with Gasteiger partial charge in [0.25, 0.3) is 0 Å². The lowest BCUT2D eigenvalue weighted by Gasteiger charge is -2.44. The molecule has 0 radical (unpaired) electrons. The van der Waals surface area contributed by atoms with Crippen molar-refractivity contribution >= 4 is 6.09 Å². The van der Waals surface area contributed by atoms with Gasteiger partial charge in [0.2, 0.25) is 0 Å². The molecule has 1 aromatic rings. The van der Waals surface area contributed by atoms with Crippen LogP contribution in [0.25, 0.3) is 0 Å². The predicted molar refractivity (Wildman–Crippen MR) is 57.5 cm³/mol. The van der Waals surface area contributed by atoms with Crippen LogP contribution in [0.3, 0.4) is 0 Å². The maximum absolute atomic E-state index is 10.7. The Morgan fingerprint density at radius 2 is 2.00 bits per heavy atom. The molecule has 0 atom stereocenters. The summed E-state index contributed by atoms with van der Waals surface area (Å²) in [4.78, 5) is 10.7. The van der Waals surface area contributed by atoms with Gasteiger partial charge in [-0.1, -0.05) is 30.3 Å². The van der Waals surface area contributed by atoms with Gasteiger partial charge in [-0.05, 0) is 31.2 Å². The fourth-order valence-corrected chi connectivity index (χ4v) is 2.27. The van der Waals surface area contributed by atoms with E-state index in [9.17, 15) is 4.79 Å². The fourth-order valence-electron chi connectivity index (χ4n) is 2.27. The average molecular weight is 205 g/mol. The molecule has 1 aliphatic carbocycles. The molecule has 0 aliphatic heterocycles. The predicted octanol–water partition coefficient (Wildman–Crippen LogP) is 2.42.